The average molecular weight is 713 g/mol. The maximum Gasteiger partial charge on any atom is 0.303 e. The van der Waals surface area contributed by atoms with Gasteiger partial charge in [0.15, 0.2) is 12.4 Å². The molecule has 51 heavy (non-hydrogen) atoms. The lowest BCUT2D eigenvalue weighted by molar-refractivity contribution is -0.253. The van der Waals surface area contributed by atoms with Crippen molar-refractivity contribution in [2.45, 2.75) is 76.5 Å². The molecule has 10 heteroatoms. The van der Waals surface area contributed by atoms with Crippen molar-refractivity contribution in [3.05, 3.63) is 130 Å². The van der Waals surface area contributed by atoms with Crippen LogP contribution in [0.5, 0.6) is 0 Å². The number of nitrogens with one attached hydrogen (secondary N) is 1. The van der Waals surface area contributed by atoms with E-state index in [-0.39, 0.29) is 24.7 Å². The third kappa shape index (κ3) is 9.43. The van der Waals surface area contributed by atoms with Gasteiger partial charge in [-0.1, -0.05) is 84.4 Å². The van der Waals surface area contributed by atoms with Crippen LogP contribution in [-0.4, -0.2) is 58.8 Å². The molecule has 4 aromatic carbocycles. The molecular weight excluding hydrogens is 668 g/mol. The van der Waals surface area contributed by atoms with E-state index >= 15 is 0 Å². The van der Waals surface area contributed by atoms with Gasteiger partial charge in [0.05, 0.1) is 24.4 Å². The standard InChI is InChI=1S/C41H45ClN2O7/c1-27(49-28(2)46)39(47)43-24-30-5-3-6-32(21-30)33-7-4-8-34(22-33)40-50-37(23-38(51-40)31-11-9-29(26-45)10-12-31)25-44-19-17-41(48,18-20-44)35-13-15-36(42)16-14-35/h3-16,21-22,27,37-38,40,45,48H,17-20,23-26H2,1-2H3,(H,43,47). The molecule has 2 heterocycles. The fourth-order valence-electron chi connectivity index (χ4n) is 6.84. The van der Waals surface area contributed by atoms with E-state index < -0.39 is 24.0 Å². The van der Waals surface area contributed by atoms with Crippen molar-refractivity contribution >= 4 is 23.5 Å². The number of carbonyl (C=O) groups is 2. The van der Waals surface area contributed by atoms with Gasteiger partial charge in [-0.05, 0) is 77.4 Å². The van der Waals surface area contributed by atoms with Crippen LogP contribution in [0, 0.1) is 0 Å². The summed E-state index contributed by atoms with van der Waals surface area (Å²) in [7, 11) is 0. The predicted molar refractivity (Wildman–Crippen MR) is 194 cm³/mol. The van der Waals surface area contributed by atoms with E-state index in [9.17, 15) is 19.8 Å². The molecule has 0 aliphatic carbocycles. The number of aliphatic hydroxyl groups is 2. The maximum absolute atomic E-state index is 12.4. The molecule has 4 unspecified atom stereocenters. The Morgan fingerprint density at radius 1 is 0.922 bits per heavy atom. The van der Waals surface area contributed by atoms with Crippen LogP contribution in [0.2, 0.25) is 5.02 Å². The molecule has 9 nitrogen and oxygen atoms in total. The fourth-order valence-corrected chi connectivity index (χ4v) is 6.96. The first kappa shape index (κ1) is 36.7. The van der Waals surface area contributed by atoms with Crippen molar-refractivity contribution in [1.82, 2.24) is 10.2 Å². The Balaban J connectivity index is 1.17. The smallest absolute Gasteiger partial charge is 0.303 e. The van der Waals surface area contributed by atoms with Crippen LogP contribution in [0.25, 0.3) is 11.1 Å². The Morgan fingerprint density at radius 3 is 2.29 bits per heavy atom. The SMILES string of the molecule is CC(=O)OC(C)C(=O)NCc1cccc(-c2cccc(C3OC(CN4CCC(O)(c5ccc(Cl)cc5)CC4)CC(c4ccc(CO)cc4)O3)c2)c1. The van der Waals surface area contributed by atoms with Gasteiger partial charge in [-0.3, -0.25) is 9.59 Å². The number of amides is 1. The Hall–Kier alpha value is -4.09. The molecular formula is C41H45ClN2O7. The van der Waals surface area contributed by atoms with Crippen LogP contribution in [0.3, 0.4) is 0 Å². The largest absolute Gasteiger partial charge is 0.453 e. The van der Waals surface area contributed by atoms with Crippen LogP contribution < -0.4 is 5.32 Å². The lowest BCUT2D eigenvalue weighted by Crippen LogP contribution is -2.46. The number of rotatable bonds is 11. The quantitative estimate of drug-likeness (QED) is 0.149. The topological polar surface area (TPSA) is 118 Å². The lowest BCUT2D eigenvalue weighted by atomic mass is 9.84. The first-order valence-corrected chi connectivity index (χ1v) is 17.8. The number of hydrogen-bond acceptors (Lipinski definition) is 8. The molecule has 268 valence electrons. The average Bonchev–Trinajstić information content (AvgIpc) is 3.15. The molecule has 2 aliphatic heterocycles. The van der Waals surface area contributed by atoms with Gasteiger partial charge in [0, 0.05) is 50.1 Å². The zero-order chi connectivity index (χ0) is 36.0. The van der Waals surface area contributed by atoms with Gasteiger partial charge >= 0.3 is 5.97 Å². The van der Waals surface area contributed by atoms with Crippen LogP contribution in [0.1, 0.15) is 73.3 Å². The van der Waals surface area contributed by atoms with E-state index in [1.165, 1.54) is 6.92 Å². The van der Waals surface area contributed by atoms with E-state index in [1.807, 2.05) is 91.0 Å². The first-order valence-electron chi connectivity index (χ1n) is 17.4. The maximum atomic E-state index is 12.4. The van der Waals surface area contributed by atoms with Crippen LogP contribution >= 0.6 is 11.6 Å². The predicted octanol–water partition coefficient (Wildman–Crippen LogP) is 6.60. The summed E-state index contributed by atoms with van der Waals surface area (Å²) < 4.78 is 18.3. The number of piperidine rings is 1. The number of benzene rings is 4. The van der Waals surface area contributed by atoms with Crippen molar-refractivity contribution in [2.75, 3.05) is 19.6 Å². The molecule has 6 rings (SSSR count). The molecule has 4 atom stereocenters. The number of esters is 1. The van der Waals surface area contributed by atoms with Gasteiger partial charge in [-0.25, -0.2) is 0 Å². The number of ether oxygens (including phenoxy) is 3. The number of carbonyl (C=O) groups excluding carboxylic acids is 2. The Morgan fingerprint density at radius 2 is 1.61 bits per heavy atom. The summed E-state index contributed by atoms with van der Waals surface area (Å²) in [5, 5.41) is 24.5. The third-order valence-corrected chi connectivity index (χ3v) is 9.99. The first-order chi connectivity index (χ1) is 24.6. The summed E-state index contributed by atoms with van der Waals surface area (Å²) in [6.45, 7) is 5.25. The van der Waals surface area contributed by atoms with Gasteiger partial charge in [-0.2, -0.15) is 0 Å². The number of likely N-dealkylation sites (tertiary alicyclic amines) is 1. The van der Waals surface area contributed by atoms with Gasteiger partial charge < -0.3 is 34.6 Å². The second-order valence-electron chi connectivity index (χ2n) is 13.5. The van der Waals surface area contributed by atoms with Crippen LogP contribution in [-0.2, 0) is 42.6 Å². The molecule has 3 N–H and O–H groups in total. The van der Waals surface area contributed by atoms with Gasteiger partial charge in [0.2, 0.25) is 0 Å². The Bertz CT molecular complexity index is 1790. The minimum atomic E-state index is -0.886. The number of nitrogens with zero attached hydrogens (tertiary/aromatic N) is 1. The van der Waals surface area contributed by atoms with E-state index in [4.69, 9.17) is 25.8 Å². The lowest BCUT2D eigenvalue weighted by Gasteiger charge is -2.42. The molecule has 2 fully saturated rings. The molecule has 2 saturated heterocycles. The van der Waals surface area contributed by atoms with Crippen LogP contribution in [0.4, 0.5) is 0 Å². The molecule has 1 amide bonds. The molecule has 2 aliphatic rings. The second kappa shape index (κ2) is 16.5. The zero-order valence-corrected chi connectivity index (χ0v) is 29.7. The van der Waals surface area contributed by atoms with Crippen molar-refractivity contribution in [2.24, 2.45) is 0 Å². The minimum absolute atomic E-state index is 0.0226. The number of halogens is 1. The summed E-state index contributed by atoms with van der Waals surface area (Å²) in [6, 6.07) is 31.4. The number of aliphatic hydroxyl groups excluding tert-OH is 1. The second-order valence-corrected chi connectivity index (χ2v) is 13.9. The fraction of sp³-hybridized carbons (Fsp3) is 0.366. The van der Waals surface area contributed by atoms with Crippen molar-refractivity contribution in [3.63, 3.8) is 0 Å². The highest BCUT2D eigenvalue weighted by molar-refractivity contribution is 6.30. The summed E-state index contributed by atoms with van der Waals surface area (Å²) in [6.07, 6.45) is 0.0569. The van der Waals surface area contributed by atoms with Crippen LogP contribution in [0.15, 0.2) is 97.1 Å². The molecule has 0 spiro atoms. The highest BCUT2D eigenvalue weighted by Crippen LogP contribution is 2.40. The van der Waals surface area contributed by atoms with Crippen molar-refractivity contribution in [3.8, 4) is 11.1 Å². The van der Waals surface area contributed by atoms with Crippen molar-refractivity contribution in [1.29, 1.82) is 0 Å². The van der Waals surface area contributed by atoms with E-state index in [0.29, 0.717) is 37.4 Å². The Labute approximate surface area is 304 Å². The highest BCUT2D eigenvalue weighted by Gasteiger charge is 2.37. The summed E-state index contributed by atoms with van der Waals surface area (Å²) in [4.78, 5) is 26.0. The van der Waals surface area contributed by atoms with Gasteiger partial charge in [0.25, 0.3) is 5.91 Å². The normalized spacial score (nSPS) is 21.1. The minimum Gasteiger partial charge on any atom is -0.453 e. The Kier molecular flexibility index (Phi) is 11.9. The highest BCUT2D eigenvalue weighted by atomic mass is 35.5. The molecule has 0 bridgehead atoms. The molecule has 4 aromatic rings. The zero-order valence-electron chi connectivity index (χ0n) is 29.0. The van der Waals surface area contributed by atoms with Crippen molar-refractivity contribution < 1.29 is 34.0 Å². The molecule has 0 aromatic heterocycles. The summed E-state index contributed by atoms with van der Waals surface area (Å²) >= 11 is 6.09. The van der Waals surface area contributed by atoms with Gasteiger partial charge in [0.1, 0.15) is 0 Å². The third-order valence-electron chi connectivity index (χ3n) is 9.74. The monoisotopic (exact) mass is 712 g/mol. The summed E-state index contributed by atoms with van der Waals surface area (Å²) in [5.74, 6) is -0.863. The van der Waals surface area contributed by atoms with E-state index in [1.54, 1.807) is 6.92 Å². The van der Waals surface area contributed by atoms with E-state index in [0.717, 1.165) is 52.0 Å². The molecule has 0 radical (unpaired) electrons. The van der Waals surface area contributed by atoms with Gasteiger partial charge in [-0.15, -0.1) is 0 Å². The van der Waals surface area contributed by atoms with E-state index in [2.05, 4.69) is 16.3 Å². The number of hydrogen-bond donors (Lipinski definition) is 3. The summed E-state index contributed by atoms with van der Waals surface area (Å²) in [5.41, 5.74) is 5.61. The molecule has 0 saturated carbocycles.